The summed E-state index contributed by atoms with van der Waals surface area (Å²) >= 11 is 0. The number of hydrogen-bond acceptors (Lipinski definition) is 6. The van der Waals surface area contributed by atoms with E-state index in [2.05, 4.69) is 5.32 Å². The fraction of sp³-hybridized carbons (Fsp3) is 0.276. The summed E-state index contributed by atoms with van der Waals surface area (Å²) in [5, 5.41) is 3.26. The zero-order chi connectivity index (χ0) is 27.9. The zero-order valence-electron chi connectivity index (χ0n) is 21.1. The van der Waals surface area contributed by atoms with E-state index in [-0.39, 0.29) is 12.1 Å². The van der Waals surface area contributed by atoms with Crippen molar-refractivity contribution < 1.29 is 37.0 Å². The zero-order valence-corrected chi connectivity index (χ0v) is 21.1. The lowest BCUT2D eigenvalue weighted by Crippen LogP contribution is -2.57. The number of imide groups is 1. The van der Waals surface area contributed by atoms with Crippen LogP contribution in [-0.4, -0.2) is 37.5 Å². The molecule has 39 heavy (non-hydrogen) atoms. The summed E-state index contributed by atoms with van der Waals surface area (Å²) in [4.78, 5) is 42.2. The molecule has 0 aliphatic carbocycles. The average Bonchev–Trinajstić information content (AvgIpc) is 3.42. The third-order valence-corrected chi connectivity index (χ3v) is 7.44. The molecular formula is C29H25F3N2O5. The van der Waals surface area contributed by atoms with Gasteiger partial charge in [-0.05, 0) is 41.5 Å². The van der Waals surface area contributed by atoms with Crippen LogP contribution >= 0.6 is 0 Å². The summed E-state index contributed by atoms with van der Waals surface area (Å²) in [6.45, 7) is 0. The van der Waals surface area contributed by atoms with E-state index in [4.69, 9.17) is 9.47 Å². The number of esters is 1. The Bertz CT molecular complexity index is 1410. The molecule has 5 rings (SSSR count). The molecule has 0 aromatic heterocycles. The van der Waals surface area contributed by atoms with E-state index in [1.807, 2.05) is 0 Å². The Hall–Kier alpha value is -4.18. The number of rotatable bonds is 6. The first-order valence-electron chi connectivity index (χ1n) is 12.2. The number of nitrogens with zero attached hydrogens (tertiary/aromatic N) is 1. The lowest BCUT2D eigenvalue weighted by molar-refractivity contribution is -0.152. The minimum atomic E-state index is -4.67. The van der Waals surface area contributed by atoms with Gasteiger partial charge in [0.15, 0.2) is 0 Å². The van der Waals surface area contributed by atoms with Crippen LogP contribution in [0.25, 0.3) is 0 Å². The summed E-state index contributed by atoms with van der Waals surface area (Å²) in [6, 6.07) is 19.0. The van der Waals surface area contributed by atoms with Crippen LogP contribution in [0.4, 0.5) is 18.9 Å². The number of amides is 2. The number of carbonyl (C=O) groups is 3. The van der Waals surface area contributed by atoms with Crippen molar-refractivity contribution in [1.82, 2.24) is 5.32 Å². The number of fused-ring (bicyclic) bond motifs is 1. The third-order valence-electron chi connectivity index (χ3n) is 7.44. The summed E-state index contributed by atoms with van der Waals surface area (Å²) < 4.78 is 50.8. The summed E-state index contributed by atoms with van der Waals surface area (Å²) in [7, 11) is 2.70. The molecule has 0 spiro atoms. The number of anilines is 1. The van der Waals surface area contributed by atoms with Crippen molar-refractivity contribution in [3.8, 4) is 5.75 Å². The number of methoxy groups -OCH3 is 2. The Kier molecular flexibility index (Phi) is 6.67. The van der Waals surface area contributed by atoms with Crippen molar-refractivity contribution in [2.75, 3.05) is 19.1 Å². The van der Waals surface area contributed by atoms with Gasteiger partial charge in [-0.15, -0.1) is 0 Å². The number of benzene rings is 3. The van der Waals surface area contributed by atoms with E-state index in [9.17, 15) is 27.6 Å². The van der Waals surface area contributed by atoms with Crippen molar-refractivity contribution >= 4 is 23.5 Å². The number of ether oxygens (including phenoxy) is 2. The van der Waals surface area contributed by atoms with E-state index in [0.717, 1.165) is 23.1 Å². The monoisotopic (exact) mass is 538 g/mol. The number of carbonyl (C=O) groups excluding carboxylic acids is 3. The lowest BCUT2D eigenvalue weighted by Gasteiger charge is -2.32. The molecule has 3 aromatic carbocycles. The molecular weight excluding hydrogens is 513 g/mol. The fourth-order valence-corrected chi connectivity index (χ4v) is 5.70. The van der Waals surface area contributed by atoms with Gasteiger partial charge in [0.25, 0.3) is 0 Å². The Labute approximate surface area is 222 Å². The van der Waals surface area contributed by atoms with Crippen LogP contribution in [0.5, 0.6) is 5.75 Å². The Morgan fingerprint density at radius 1 is 0.949 bits per heavy atom. The maximum Gasteiger partial charge on any atom is 0.416 e. The predicted molar refractivity (Wildman–Crippen MR) is 135 cm³/mol. The molecule has 2 aliphatic heterocycles. The molecule has 2 aliphatic rings. The quantitative estimate of drug-likeness (QED) is 0.372. The number of nitrogens with one attached hydrogen (secondary N) is 1. The topological polar surface area (TPSA) is 84.9 Å². The van der Waals surface area contributed by atoms with Crippen LogP contribution in [0.3, 0.4) is 0 Å². The molecule has 2 amide bonds. The van der Waals surface area contributed by atoms with Gasteiger partial charge in [0.1, 0.15) is 11.3 Å². The first kappa shape index (κ1) is 26.4. The van der Waals surface area contributed by atoms with Crippen LogP contribution < -0.4 is 15.0 Å². The van der Waals surface area contributed by atoms with Crippen molar-refractivity contribution in [2.45, 2.75) is 24.2 Å². The maximum atomic E-state index is 14.0. The van der Waals surface area contributed by atoms with Crippen LogP contribution in [0, 0.1) is 11.8 Å². The molecule has 0 unspecified atom stereocenters. The molecule has 2 fully saturated rings. The SMILES string of the molecule is COC(=O)[C@@]1(Cc2ccccc2)N[C@H](c2ccc(OC)cc2)[C@@H]2C(=O)N(c3cccc(C(F)(F)F)c3)C(=O)[C@@H]21. The second kappa shape index (κ2) is 9.85. The first-order chi connectivity index (χ1) is 18.6. The van der Waals surface area contributed by atoms with E-state index in [0.29, 0.717) is 16.9 Å². The molecule has 4 atom stereocenters. The Balaban J connectivity index is 1.66. The third kappa shape index (κ3) is 4.44. The van der Waals surface area contributed by atoms with Crippen molar-refractivity contribution in [1.29, 1.82) is 0 Å². The predicted octanol–water partition coefficient (Wildman–Crippen LogP) is 4.32. The van der Waals surface area contributed by atoms with E-state index < -0.39 is 52.9 Å². The molecule has 7 nitrogen and oxygen atoms in total. The van der Waals surface area contributed by atoms with Crippen LogP contribution in [0.15, 0.2) is 78.9 Å². The standard InChI is InChI=1S/C29H25F3N2O5/c1-38-21-13-11-18(12-14-21)24-22-23(28(33-24,27(37)39-2)16-17-7-4-3-5-8-17)26(36)34(25(22)35)20-10-6-9-19(15-20)29(30,31)32/h3-15,22-24,33H,16H2,1-2H3/t22-,23-,24-,28+/m1/s1. The summed E-state index contributed by atoms with van der Waals surface area (Å²) in [5.74, 6) is -3.96. The van der Waals surface area contributed by atoms with Gasteiger partial charge in [0, 0.05) is 12.5 Å². The highest BCUT2D eigenvalue weighted by atomic mass is 19.4. The van der Waals surface area contributed by atoms with E-state index >= 15 is 0 Å². The first-order valence-corrected chi connectivity index (χ1v) is 12.2. The lowest BCUT2D eigenvalue weighted by atomic mass is 9.76. The second-order valence-electron chi connectivity index (χ2n) is 9.58. The molecule has 3 aromatic rings. The largest absolute Gasteiger partial charge is 0.497 e. The fourth-order valence-electron chi connectivity index (χ4n) is 5.70. The minimum absolute atomic E-state index is 0.0176. The molecule has 2 saturated heterocycles. The van der Waals surface area contributed by atoms with Gasteiger partial charge in [-0.3, -0.25) is 19.7 Å². The van der Waals surface area contributed by atoms with Gasteiger partial charge in [-0.25, -0.2) is 4.90 Å². The summed E-state index contributed by atoms with van der Waals surface area (Å²) in [6.07, 6.45) is -4.66. The van der Waals surface area contributed by atoms with Crippen LogP contribution in [0.2, 0.25) is 0 Å². The van der Waals surface area contributed by atoms with Gasteiger partial charge in [-0.2, -0.15) is 13.2 Å². The van der Waals surface area contributed by atoms with E-state index in [1.165, 1.54) is 20.3 Å². The highest BCUT2D eigenvalue weighted by Gasteiger charge is 2.69. The van der Waals surface area contributed by atoms with Crippen molar-refractivity contribution in [3.63, 3.8) is 0 Å². The minimum Gasteiger partial charge on any atom is -0.497 e. The number of alkyl halides is 3. The molecule has 202 valence electrons. The van der Waals surface area contributed by atoms with Gasteiger partial charge in [-0.1, -0.05) is 48.5 Å². The molecule has 0 radical (unpaired) electrons. The van der Waals surface area contributed by atoms with Crippen LogP contribution in [-0.2, 0) is 31.7 Å². The Morgan fingerprint density at radius 3 is 2.26 bits per heavy atom. The van der Waals surface area contributed by atoms with Gasteiger partial charge < -0.3 is 9.47 Å². The highest BCUT2D eigenvalue weighted by Crippen LogP contribution is 2.51. The molecule has 2 heterocycles. The normalized spacial score (nSPS) is 24.5. The number of hydrogen-bond donors (Lipinski definition) is 1. The highest BCUT2D eigenvalue weighted by molar-refractivity contribution is 6.24. The van der Waals surface area contributed by atoms with Gasteiger partial charge >= 0.3 is 12.1 Å². The van der Waals surface area contributed by atoms with Crippen molar-refractivity contribution in [2.24, 2.45) is 11.8 Å². The number of halogens is 3. The van der Waals surface area contributed by atoms with E-state index in [1.54, 1.807) is 54.6 Å². The summed E-state index contributed by atoms with van der Waals surface area (Å²) in [5.41, 5.74) is -1.54. The molecule has 0 saturated carbocycles. The van der Waals surface area contributed by atoms with Crippen molar-refractivity contribution in [3.05, 3.63) is 95.6 Å². The molecule has 1 N–H and O–H groups in total. The molecule has 0 bridgehead atoms. The Morgan fingerprint density at radius 2 is 1.64 bits per heavy atom. The smallest absolute Gasteiger partial charge is 0.416 e. The maximum absolute atomic E-state index is 14.0. The van der Waals surface area contributed by atoms with Crippen LogP contribution in [0.1, 0.15) is 22.7 Å². The molecule has 10 heteroatoms. The van der Waals surface area contributed by atoms with Gasteiger partial charge in [0.05, 0.1) is 37.3 Å². The second-order valence-corrected chi connectivity index (χ2v) is 9.58. The average molecular weight is 539 g/mol. The van der Waals surface area contributed by atoms with Gasteiger partial charge in [0.2, 0.25) is 11.8 Å².